The first-order valence-corrected chi connectivity index (χ1v) is 13.3. The van der Waals surface area contributed by atoms with Gasteiger partial charge in [0.05, 0.1) is 18.2 Å². The van der Waals surface area contributed by atoms with Crippen LogP contribution in [0.3, 0.4) is 0 Å². The molecule has 1 N–H and O–H groups in total. The van der Waals surface area contributed by atoms with Crippen LogP contribution in [0, 0.1) is 0 Å². The topological polar surface area (TPSA) is 76.1 Å². The zero-order valence-electron chi connectivity index (χ0n) is 21.9. The minimum Gasteiger partial charge on any atom is -0.507 e. The Morgan fingerprint density at radius 3 is 2.53 bits per heavy atom. The van der Waals surface area contributed by atoms with E-state index in [1.54, 1.807) is 11.0 Å². The van der Waals surface area contributed by atoms with Crippen LogP contribution in [0.5, 0.6) is 11.5 Å². The lowest BCUT2D eigenvalue weighted by molar-refractivity contribution is -0.140. The van der Waals surface area contributed by atoms with Crippen LogP contribution in [-0.2, 0) is 22.6 Å². The first-order valence-electron chi connectivity index (χ1n) is 13.3. The number of hydrogen-bond donors (Lipinski definition) is 1. The average Bonchev–Trinajstić information content (AvgIpc) is 3.43. The number of ketones is 1. The van der Waals surface area contributed by atoms with E-state index in [0.717, 1.165) is 53.9 Å². The summed E-state index contributed by atoms with van der Waals surface area (Å²) in [5.41, 5.74) is 3.20. The minimum absolute atomic E-state index is 0.0570. The Balaban J connectivity index is 1.52. The Morgan fingerprint density at radius 2 is 1.79 bits per heavy atom. The second-order valence-electron chi connectivity index (χ2n) is 9.99. The number of amides is 1. The lowest BCUT2D eigenvalue weighted by Gasteiger charge is -2.25. The number of rotatable bonds is 9. The van der Waals surface area contributed by atoms with Crippen LogP contribution in [0.25, 0.3) is 5.76 Å². The van der Waals surface area contributed by atoms with Crippen LogP contribution < -0.4 is 9.47 Å². The first-order chi connectivity index (χ1) is 18.5. The molecule has 1 amide bonds. The number of carbonyl (C=O) groups excluding carboxylic acids is 2. The highest BCUT2D eigenvalue weighted by Gasteiger charge is 2.46. The van der Waals surface area contributed by atoms with Crippen molar-refractivity contribution >= 4 is 17.4 Å². The molecule has 1 fully saturated rings. The quantitative estimate of drug-likeness (QED) is 0.160. The van der Waals surface area contributed by atoms with Gasteiger partial charge in [-0.3, -0.25) is 9.59 Å². The molecule has 3 aromatic rings. The van der Waals surface area contributed by atoms with Crippen molar-refractivity contribution in [2.24, 2.45) is 0 Å². The molecule has 0 spiro atoms. The second kappa shape index (κ2) is 11.1. The number of carbonyl (C=O) groups is 2. The van der Waals surface area contributed by atoms with Gasteiger partial charge in [0, 0.05) is 18.5 Å². The molecule has 3 aromatic carbocycles. The van der Waals surface area contributed by atoms with Gasteiger partial charge in [0.25, 0.3) is 11.7 Å². The van der Waals surface area contributed by atoms with Crippen LogP contribution >= 0.6 is 0 Å². The van der Waals surface area contributed by atoms with E-state index in [1.165, 1.54) is 0 Å². The molecule has 0 bridgehead atoms. The number of aliphatic hydroxyl groups is 1. The maximum atomic E-state index is 13.4. The van der Waals surface area contributed by atoms with Crippen molar-refractivity contribution in [1.29, 1.82) is 0 Å². The molecule has 2 heterocycles. The number of benzene rings is 3. The van der Waals surface area contributed by atoms with E-state index in [1.807, 2.05) is 73.7 Å². The Bertz CT molecular complexity index is 1350. The molecule has 0 aliphatic carbocycles. The number of nitrogens with zero attached hydrogens (tertiary/aromatic N) is 1. The van der Waals surface area contributed by atoms with E-state index in [-0.39, 0.29) is 24.0 Å². The summed E-state index contributed by atoms with van der Waals surface area (Å²) in [6, 6.07) is 21.7. The summed E-state index contributed by atoms with van der Waals surface area (Å²) in [5.74, 6) is 0.0280. The number of fused-ring (bicyclic) bond motifs is 1. The van der Waals surface area contributed by atoms with Gasteiger partial charge in [-0.2, -0.15) is 0 Å². The summed E-state index contributed by atoms with van der Waals surface area (Å²) >= 11 is 0. The highest BCUT2D eigenvalue weighted by molar-refractivity contribution is 6.46. The molecular formula is C32H33NO5. The van der Waals surface area contributed by atoms with Crippen molar-refractivity contribution in [1.82, 2.24) is 4.90 Å². The van der Waals surface area contributed by atoms with Gasteiger partial charge in [0.2, 0.25) is 0 Å². The van der Waals surface area contributed by atoms with Gasteiger partial charge >= 0.3 is 0 Å². The number of aliphatic hydroxyl groups excluding tert-OH is 1. The molecule has 0 aromatic heterocycles. The number of ether oxygens (including phenoxy) is 2. The van der Waals surface area contributed by atoms with Crippen LogP contribution in [0.4, 0.5) is 0 Å². The third kappa shape index (κ3) is 5.17. The normalized spacial score (nSPS) is 19.9. The van der Waals surface area contributed by atoms with Crippen molar-refractivity contribution < 1.29 is 24.2 Å². The van der Waals surface area contributed by atoms with Gasteiger partial charge in [-0.15, -0.1) is 0 Å². The van der Waals surface area contributed by atoms with Crippen LogP contribution in [0.15, 0.2) is 78.4 Å². The first kappa shape index (κ1) is 25.6. The molecule has 196 valence electrons. The number of hydrogen-bond acceptors (Lipinski definition) is 5. The fourth-order valence-corrected chi connectivity index (χ4v) is 5.18. The second-order valence-corrected chi connectivity index (χ2v) is 9.99. The minimum atomic E-state index is -0.729. The molecule has 6 nitrogen and oxygen atoms in total. The molecule has 0 radical (unpaired) electrons. The average molecular weight is 512 g/mol. The Morgan fingerprint density at radius 1 is 1.03 bits per heavy atom. The Hall–Kier alpha value is -4.06. The smallest absolute Gasteiger partial charge is 0.295 e. The standard InChI is InChI=1S/C32H33NO5/c1-3-4-8-17-37-26-14-11-23(12-15-26)29-28(30(34)24-13-16-27-25(19-24)18-21(2)38-27)31(35)32(36)33(29)20-22-9-6-5-7-10-22/h5-7,9-16,19,21,29,34H,3-4,8,17-18,20H2,1-2H3/b30-28+/t21-,29+/m1/s1. The summed E-state index contributed by atoms with van der Waals surface area (Å²) in [5, 5.41) is 11.5. The molecule has 6 heteroatoms. The Labute approximate surface area is 223 Å². The van der Waals surface area contributed by atoms with Gasteiger partial charge in [0.1, 0.15) is 23.4 Å². The predicted molar refractivity (Wildman–Crippen MR) is 146 cm³/mol. The Kier molecular flexibility index (Phi) is 7.50. The highest BCUT2D eigenvalue weighted by Crippen LogP contribution is 2.41. The van der Waals surface area contributed by atoms with E-state index >= 15 is 0 Å². The van der Waals surface area contributed by atoms with Crippen molar-refractivity contribution in [2.45, 2.75) is 58.2 Å². The fourth-order valence-electron chi connectivity index (χ4n) is 5.18. The summed E-state index contributed by atoms with van der Waals surface area (Å²) < 4.78 is 11.7. The molecule has 38 heavy (non-hydrogen) atoms. The third-order valence-corrected chi connectivity index (χ3v) is 7.12. The van der Waals surface area contributed by atoms with Gasteiger partial charge in [-0.1, -0.05) is 62.2 Å². The number of Topliss-reactive ketones (excluding diaryl/α,β-unsaturated/α-hetero) is 1. The zero-order valence-corrected chi connectivity index (χ0v) is 21.9. The molecule has 2 aliphatic heterocycles. The summed E-state index contributed by atoms with van der Waals surface area (Å²) in [4.78, 5) is 28.3. The lowest BCUT2D eigenvalue weighted by Crippen LogP contribution is -2.29. The molecule has 5 rings (SSSR count). The highest BCUT2D eigenvalue weighted by atomic mass is 16.5. The molecule has 2 aliphatic rings. The monoisotopic (exact) mass is 511 g/mol. The molecule has 1 saturated heterocycles. The lowest BCUT2D eigenvalue weighted by atomic mass is 9.94. The number of likely N-dealkylation sites (tertiary alicyclic amines) is 1. The maximum Gasteiger partial charge on any atom is 0.295 e. The van der Waals surface area contributed by atoms with Crippen molar-refractivity contribution in [3.8, 4) is 11.5 Å². The maximum absolute atomic E-state index is 13.4. The van der Waals surface area contributed by atoms with Crippen molar-refractivity contribution in [3.05, 3.63) is 101 Å². The zero-order chi connectivity index (χ0) is 26.6. The predicted octanol–water partition coefficient (Wildman–Crippen LogP) is 6.20. The molecule has 0 unspecified atom stereocenters. The van der Waals surface area contributed by atoms with Gasteiger partial charge in [-0.05, 0) is 60.4 Å². The van der Waals surface area contributed by atoms with Crippen molar-refractivity contribution in [2.75, 3.05) is 6.61 Å². The van der Waals surface area contributed by atoms with Crippen molar-refractivity contribution in [3.63, 3.8) is 0 Å². The number of unbranched alkanes of at least 4 members (excludes halogenated alkanes) is 2. The van der Waals surface area contributed by atoms with E-state index in [2.05, 4.69) is 6.92 Å². The van der Waals surface area contributed by atoms with E-state index in [0.29, 0.717) is 12.2 Å². The van der Waals surface area contributed by atoms with E-state index in [9.17, 15) is 14.7 Å². The molecule has 2 atom stereocenters. The summed E-state index contributed by atoms with van der Waals surface area (Å²) in [7, 11) is 0. The van der Waals surface area contributed by atoms with Crippen LogP contribution in [-0.4, -0.2) is 34.4 Å². The molecular weight excluding hydrogens is 478 g/mol. The van der Waals surface area contributed by atoms with Gasteiger partial charge in [0.15, 0.2) is 0 Å². The largest absolute Gasteiger partial charge is 0.507 e. The van der Waals surface area contributed by atoms with Gasteiger partial charge in [-0.25, -0.2) is 0 Å². The summed E-state index contributed by atoms with van der Waals surface area (Å²) in [6.07, 6.45) is 4.00. The molecule has 0 saturated carbocycles. The summed E-state index contributed by atoms with van der Waals surface area (Å²) in [6.45, 7) is 5.03. The SMILES string of the molecule is CCCCCOc1ccc([C@H]2/C(=C(\O)c3ccc4c(c3)C[C@@H](C)O4)C(=O)C(=O)N2Cc2ccccc2)cc1. The van der Waals surface area contributed by atoms with Crippen LogP contribution in [0.2, 0.25) is 0 Å². The van der Waals surface area contributed by atoms with Crippen LogP contribution in [0.1, 0.15) is 61.4 Å². The van der Waals surface area contributed by atoms with E-state index < -0.39 is 17.7 Å². The fraction of sp³-hybridized carbons (Fsp3) is 0.312. The van der Waals surface area contributed by atoms with Gasteiger partial charge < -0.3 is 19.5 Å². The third-order valence-electron chi connectivity index (χ3n) is 7.12. The van der Waals surface area contributed by atoms with E-state index in [4.69, 9.17) is 9.47 Å².